The molecule has 1 heterocycles. The van der Waals surface area contributed by atoms with Gasteiger partial charge in [0.25, 0.3) is 0 Å². The molecule has 0 bridgehead atoms. The van der Waals surface area contributed by atoms with Crippen molar-refractivity contribution >= 4 is 24.2 Å². The SMILES string of the molecule is CC(C)(C)NC(=O)CNC(=O)C1(C)CCCNC1.Cl. The van der Waals surface area contributed by atoms with Crippen LogP contribution in [0.5, 0.6) is 0 Å². The summed E-state index contributed by atoms with van der Waals surface area (Å²) in [5.41, 5.74) is -0.654. The zero-order valence-electron chi connectivity index (χ0n) is 12.3. The van der Waals surface area contributed by atoms with Gasteiger partial charge in [0.15, 0.2) is 0 Å². The number of carbonyl (C=O) groups is 2. The predicted molar refractivity (Wildman–Crippen MR) is 78.4 cm³/mol. The van der Waals surface area contributed by atoms with E-state index in [0.717, 1.165) is 19.4 Å². The van der Waals surface area contributed by atoms with Crippen molar-refractivity contribution < 1.29 is 9.59 Å². The van der Waals surface area contributed by atoms with Crippen LogP contribution in [0.4, 0.5) is 0 Å². The molecule has 112 valence electrons. The van der Waals surface area contributed by atoms with Crippen LogP contribution < -0.4 is 16.0 Å². The fourth-order valence-electron chi connectivity index (χ4n) is 2.09. The van der Waals surface area contributed by atoms with Crippen LogP contribution in [0.3, 0.4) is 0 Å². The lowest BCUT2D eigenvalue weighted by atomic mass is 9.82. The van der Waals surface area contributed by atoms with Gasteiger partial charge in [-0.15, -0.1) is 12.4 Å². The van der Waals surface area contributed by atoms with Gasteiger partial charge in [-0.2, -0.15) is 0 Å². The summed E-state index contributed by atoms with van der Waals surface area (Å²) in [7, 11) is 0. The molecule has 1 fully saturated rings. The molecule has 1 unspecified atom stereocenters. The number of halogens is 1. The quantitative estimate of drug-likeness (QED) is 0.721. The normalized spacial score (nSPS) is 23.2. The van der Waals surface area contributed by atoms with Gasteiger partial charge in [0.1, 0.15) is 0 Å². The smallest absolute Gasteiger partial charge is 0.239 e. The molecule has 0 spiro atoms. The van der Waals surface area contributed by atoms with E-state index in [0.29, 0.717) is 6.54 Å². The minimum atomic E-state index is -0.389. The van der Waals surface area contributed by atoms with Crippen LogP contribution in [0.1, 0.15) is 40.5 Å². The molecule has 0 radical (unpaired) electrons. The van der Waals surface area contributed by atoms with Gasteiger partial charge < -0.3 is 16.0 Å². The monoisotopic (exact) mass is 291 g/mol. The van der Waals surface area contributed by atoms with Crippen molar-refractivity contribution in [2.45, 2.75) is 46.1 Å². The van der Waals surface area contributed by atoms with E-state index < -0.39 is 0 Å². The maximum absolute atomic E-state index is 12.1. The zero-order valence-corrected chi connectivity index (χ0v) is 13.1. The second-order valence-corrected chi connectivity index (χ2v) is 6.32. The standard InChI is InChI=1S/C13H25N3O2.ClH/c1-12(2,3)16-10(17)8-15-11(18)13(4)6-5-7-14-9-13;/h14H,5-9H2,1-4H3,(H,15,18)(H,16,17);1H. The Morgan fingerprint density at radius 1 is 1.32 bits per heavy atom. The molecule has 1 rings (SSSR count). The highest BCUT2D eigenvalue weighted by molar-refractivity contribution is 5.88. The Morgan fingerprint density at radius 2 is 1.95 bits per heavy atom. The van der Waals surface area contributed by atoms with Gasteiger partial charge in [-0.05, 0) is 47.1 Å². The Bertz CT molecular complexity index is 320. The third-order valence-corrected chi connectivity index (χ3v) is 3.07. The van der Waals surface area contributed by atoms with Crippen molar-refractivity contribution in [1.29, 1.82) is 0 Å². The Labute approximate surface area is 121 Å². The highest BCUT2D eigenvalue weighted by Gasteiger charge is 2.34. The minimum absolute atomic E-state index is 0. The second-order valence-electron chi connectivity index (χ2n) is 6.32. The number of amides is 2. The fraction of sp³-hybridized carbons (Fsp3) is 0.846. The van der Waals surface area contributed by atoms with E-state index in [9.17, 15) is 9.59 Å². The van der Waals surface area contributed by atoms with Crippen LogP contribution in [-0.4, -0.2) is 37.0 Å². The average molecular weight is 292 g/mol. The third kappa shape index (κ3) is 6.25. The molecule has 2 amide bonds. The third-order valence-electron chi connectivity index (χ3n) is 3.07. The molecule has 0 aliphatic carbocycles. The summed E-state index contributed by atoms with van der Waals surface area (Å²) in [6.07, 6.45) is 1.87. The van der Waals surface area contributed by atoms with Crippen molar-refractivity contribution in [3.8, 4) is 0 Å². The summed E-state index contributed by atoms with van der Waals surface area (Å²) >= 11 is 0. The lowest BCUT2D eigenvalue weighted by Gasteiger charge is -2.32. The molecule has 0 aromatic rings. The van der Waals surface area contributed by atoms with Gasteiger partial charge in [-0.3, -0.25) is 9.59 Å². The first-order chi connectivity index (χ1) is 8.23. The molecular weight excluding hydrogens is 266 g/mol. The summed E-state index contributed by atoms with van der Waals surface area (Å²) in [6, 6.07) is 0. The summed E-state index contributed by atoms with van der Waals surface area (Å²) < 4.78 is 0. The second kappa shape index (κ2) is 7.10. The van der Waals surface area contributed by atoms with E-state index in [1.807, 2.05) is 27.7 Å². The highest BCUT2D eigenvalue weighted by Crippen LogP contribution is 2.25. The Balaban J connectivity index is 0.00000324. The molecule has 0 saturated carbocycles. The number of nitrogens with one attached hydrogen (secondary N) is 3. The average Bonchev–Trinajstić information content (AvgIpc) is 2.24. The first-order valence-corrected chi connectivity index (χ1v) is 6.53. The molecule has 0 aromatic heterocycles. The number of carbonyl (C=O) groups excluding carboxylic acids is 2. The van der Waals surface area contributed by atoms with E-state index in [2.05, 4.69) is 16.0 Å². The van der Waals surface area contributed by atoms with Crippen LogP contribution in [0, 0.1) is 5.41 Å². The van der Waals surface area contributed by atoms with Gasteiger partial charge >= 0.3 is 0 Å². The summed E-state index contributed by atoms with van der Waals surface area (Å²) in [5.74, 6) is -0.193. The Kier molecular flexibility index (Phi) is 6.80. The molecule has 1 aliphatic rings. The van der Waals surface area contributed by atoms with Crippen molar-refractivity contribution in [1.82, 2.24) is 16.0 Å². The van der Waals surface area contributed by atoms with Gasteiger partial charge in [-0.1, -0.05) is 0 Å². The molecule has 1 aliphatic heterocycles. The van der Waals surface area contributed by atoms with Crippen LogP contribution >= 0.6 is 12.4 Å². The molecule has 5 nitrogen and oxygen atoms in total. The lowest BCUT2D eigenvalue weighted by molar-refractivity contribution is -0.133. The van der Waals surface area contributed by atoms with Crippen molar-refractivity contribution in [3.05, 3.63) is 0 Å². The minimum Gasteiger partial charge on any atom is -0.350 e. The molecular formula is C13H26ClN3O2. The zero-order chi connectivity index (χ0) is 13.8. The highest BCUT2D eigenvalue weighted by atomic mass is 35.5. The number of rotatable bonds is 3. The van der Waals surface area contributed by atoms with Crippen LogP contribution in [0.15, 0.2) is 0 Å². The maximum Gasteiger partial charge on any atom is 0.239 e. The van der Waals surface area contributed by atoms with Crippen LogP contribution in [0.2, 0.25) is 0 Å². The summed E-state index contributed by atoms with van der Waals surface area (Å²) in [6.45, 7) is 9.38. The fourth-order valence-corrected chi connectivity index (χ4v) is 2.09. The van der Waals surface area contributed by atoms with E-state index in [4.69, 9.17) is 0 Å². The van der Waals surface area contributed by atoms with Crippen LogP contribution in [-0.2, 0) is 9.59 Å². The molecule has 1 atom stereocenters. The first-order valence-electron chi connectivity index (χ1n) is 6.53. The molecule has 19 heavy (non-hydrogen) atoms. The van der Waals surface area contributed by atoms with Gasteiger partial charge in [0, 0.05) is 12.1 Å². The van der Waals surface area contributed by atoms with Crippen molar-refractivity contribution in [2.24, 2.45) is 5.41 Å². The van der Waals surface area contributed by atoms with Crippen molar-refractivity contribution in [3.63, 3.8) is 0 Å². The van der Waals surface area contributed by atoms with E-state index in [1.165, 1.54) is 0 Å². The van der Waals surface area contributed by atoms with Crippen molar-refractivity contribution in [2.75, 3.05) is 19.6 Å². The largest absolute Gasteiger partial charge is 0.350 e. The van der Waals surface area contributed by atoms with E-state index in [1.54, 1.807) is 0 Å². The summed E-state index contributed by atoms with van der Waals surface area (Å²) in [5, 5.41) is 8.77. The lowest BCUT2D eigenvalue weighted by Crippen LogP contribution is -2.52. The molecule has 0 aromatic carbocycles. The number of hydrogen-bond donors (Lipinski definition) is 3. The molecule has 3 N–H and O–H groups in total. The van der Waals surface area contributed by atoms with Gasteiger partial charge in [-0.25, -0.2) is 0 Å². The van der Waals surface area contributed by atoms with E-state index >= 15 is 0 Å². The summed E-state index contributed by atoms with van der Waals surface area (Å²) in [4.78, 5) is 23.7. The topological polar surface area (TPSA) is 70.2 Å². The maximum atomic E-state index is 12.1. The number of hydrogen-bond acceptors (Lipinski definition) is 3. The molecule has 6 heteroatoms. The first kappa shape index (κ1) is 18.2. The predicted octanol–water partition coefficient (Wildman–Crippen LogP) is 0.829. The van der Waals surface area contributed by atoms with Gasteiger partial charge in [0.05, 0.1) is 12.0 Å². The Morgan fingerprint density at radius 3 is 2.42 bits per heavy atom. The van der Waals surface area contributed by atoms with Crippen LogP contribution in [0.25, 0.3) is 0 Å². The van der Waals surface area contributed by atoms with E-state index in [-0.39, 0.29) is 41.7 Å². The molecule has 1 saturated heterocycles. The van der Waals surface area contributed by atoms with Gasteiger partial charge in [0.2, 0.25) is 11.8 Å². The Hall–Kier alpha value is -0.810. The number of piperidine rings is 1.